The van der Waals surface area contributed by atoms with Crippen LogP contribution in [-0.2, 0) is 12.8 Å². The molecule has 0 atom stereocenters. The molecule has 1 aromatic carbocycles. The number of hydrogen-bond donors (Lipinski definition) is 3. The monoisotopic (exact) mass is 466 g/mol. The second kappa shape index (κ2) is 8.43. The molecule has 3 heterocycles. The molecule has 0 unspecified atom stereocenters. The molecule has 8 nitrogen and oxygen atoms in total. The van der Waals surface area contributed by atoms with E-state index in [0.29, 0.717) is 34.8 Å². The Kier molecular flexibility index (Phi) is 5.82. The Morgan fingerprint density at radius 2 is 1.84 bits per heavy atom. The maximum Gasteiger partial charge on any atom is 0.416 e. The summed E-state index contributed by atoms with van der Waals surface area (Å²) in [5, 5.41) is 0.355. The second-order valence-corrected chi connectivity index (χ2v) is 8.52. The first-order chi connectivity index (χ1) is 15.1. The summed E-state index contributed by atoms with van der Waals surface area (Å²) in [5.41, 5.74) is 17.4. The minimum atomic E-state index is -4.42. The molecule has 3 aromatic rings. The van der Waals surface area contributed by atoms with Crippen molar-refractivity contribution < 1.29 is 22.7 Å². The molecular formula is C20H21F3N6O2S. The van der Waals surface area contributed by atoms with Gasteiger partial charge >= 0.3 is 6.18 Å². The van der Waals surface area contributed by atoms with E-state index in [1.165, 1.54) is 12.1 Å². The summed E-state index contributed by atoms with van der Waals surface area (Å²) in [6.45, 7) is 1.28. The van der Waals surface area contributed by atoms with Gasteiger partial charge in [0.1, 0.15) is 16.3 Å². The molecule has 0 spiro atoms. The van der Waals surface area contributed by atoms with Crippen molar-refractivity contribution in [2.75, 3.05) is 23.7 Å². The fourth-order valence-electron chi connectivity index (χ4n) is 3.45. The van der Waals surface area contributed by atoms with Crippen molar-refractivity contribution in [3.8, 4) is 5.88 Å². The number of aromatic nitrogens is 2. The summed E-state index contributed by atoms with van der Waals surface area (Å²) in [7, 11) is 0. The molecular weight excluding hydrogens is 445 g/mol. The number of halogens is 3. The van der Waals surface area contributed by atoms with Crippen molar-refractivity contribution in [1.82, 2.24) is 9.97 Å². The number of carbonyl (C=O) groups is 1. The van der Waals surface area contributed by atoms with E-state index < -0.39 is 17.6 Å². The van der Waals surface area contributed by atoms with Crippen LogP contribution in [0.2, 0.25) is 0 Å². The van der Waals surface area contributed by atoms with Gasteiger partial charge in [-0.15, -0.1) is 11.3 Å². The van der Waals surface area contributed by atoms with Gasteiger partial charge in [0, 0.05) is 19.1 Å². The highest BCUT2D eigenvalue weighted by molar-refractivity contribution is 7.21. The third-order valence-electron chi connectivity index (χ3n) is 5.25. The lowest BCUT2D eigenvalue weighted by Gasteiger charge is -2.30. The van der Waals surface area contributed by atoms with Gasteiger partial charge in [-0.1, -0.05) is 12.1 Å². The third kappa shape index (κ3) is 4.41. The standard InChI is InChI=1S/C20H21F3N6O2S/c21-20(22,23)11-3-1-10(2-4-11)9-31-17-13-14(25)15(16(26)30)32-18(13)28-19(27-17)29-7-5-12(24)6-8-29/h1-4,12H,5-9,24-25H2,(H2,26,30). The minimum Gasteiger partial charge on any atom is -0.472 e. The van der Waals surface area contributed by atoms with Crippen molar-refractivity contribution in [1.29, 1.82) is 0 Å². The normalized spacial score (nSPS) is 15.3. The zero-order valence-electron chi connectivity index (χ0n) is 16.9. The molecule has 170 valence electrons. The number of nitrogens with zero attached hydrogens (tertiary/aromatic N) is 3. The number of nitrogen functional groups attached to an aromatic ring is 1. The number of nitrogens with two attached hydrogens (primary N) is 3. The molecule has 1 fully saturated rings. The molecule has 1 aliphatic rings. The summed E-state index contributed by atoms with van der Waals surface area (Å²) in [5.74, 6) is -0.144. The summed E-state index contributed by atoms with van der Waals surface area (Å²) in [6, 6.07) is 4.76. The number of carbonyl (C=O) groups excluding carboxylic acids is 1. The molecule has 12 heteroatoms. The maximum absolute atomic E-state index is 12.8. The lowest BCUT2D eigenvalue weighted by Crippen LogP contribution is -2.40. The van der Waals surface area contributed by atoms with Crippen LogP contribution in [0.15, 0.2) is 24.3 Å². The fraction of sp³-hybridized carbons (Fsp3) is 0.350. The molecule has 0 radical (unpaired) electrons. The maximum atomic E-state index is 12.8. The predicted octanol–water partition coefficient (Wildman–Crippen LogP) is 2.90. The summed E-state index contributed by atoms with van der Waals surface area (Å²) >= 11 is 1.04. The molecule has 0 bridgehead atoms. The van der Waals surface area contributed by atoms with E-state index in [9.17, 15) is 18.0 Å². The third-order valence-corrected chi connectivity index (χ3v) is 6.36. The number of ether oxygens (including phenoxy) is 1. The minimum absolute atomic E-state index is 0.0459. The van der Waals surface area contributed by atoms with Crippen LogP contribution in [0.1, 0.15) is 33.6 Å². The van der Waals surface area contributed by atoms with Crippen molar-refractivity contribution >= 4 is 39.1 Å². The van der Waals surface area contributed by atoms with Gasteiger partial charge in [-0.05, 0) is 30.5 Å². The second-order valence-electron chi connectivity index (χ2n) is 7.53. The number of primary amides is 1. The number of hydrogen-bond acceptors (Lipinski definition) is 8. The van der Waals surface area contributed by atoms with Gasteiger partial charge in [-0.2, -0.15) is 18.2 Å². The molecule has 2 aromatic heterocycles. The van der Waals surface area contributed by atoms with Gasteiger partial charge in [-0.3, -0.25) is 4.79 Å². The van der Waals surface area contributed by atoms with E-state index in [4.69, 9.17) is 21.9 Å². The van der Waals surface area contributed by atoms with Gasteiger partial charge in [0.05, 0.1) is 16.6 Å². The van der Waals surface area contributed by atoms with Crippen molar-refractivity contribution in [2.45, 2.75) is 31.7 Å². The topological polar surface area (TPSA) is 133 Å². The summed E-state index contributed by atoms with van der Waals surface area (Å²) in [6.07, 6.45) is -2.86. The highest BCUT2D eigenvalue weighted by atomic mass is 32.1. The predicted molar refractivity (Wildman–Crippen MR) is 116 cm³/mol. The first-order valence-electron chi connectivity index (χ1n) is 9.82. The van der Waals surface area contributed by atoms with Crippen LogP contribution < -0.4 is 26.8 Å². The van der Waals surface area contributed by atoms with E-state index in [0.717, 1.165) is 36.3 Å². The fourth-order valence-corrected chi connectivity index (χ4v) is 4.38. The number of thiophene rings is 1. The largest absolute Gasteiger partial charge is 0.472 e. The zero-order chi connectivity index (χ0) is 23.0. The Balaban J connectivity index is 1.67. The van der Waals surface area contributed by atoms with Crippen LogP contribution in [0.5, 0.6) is 5.88 Å². The number of piperidine rings is 1. The first-order valence-corrected chi connectivity index (χ1v) is 10.6. The molecule has 0 aliphatic carbocycles. The van der Waals surface area contributed by atoms with Gasteiger partial charge in [0.15, 0.2) is 0 Å². The molecule has 1 saturated heterocycles. The Morgan fingerprint density at radius 3 is 2.44 bits per heavy atom. The average molecular weight is 466 g/mol. The summed E-state index contributed by atoms with van der Waals surface area (Å²) in [4.78, 5) is 23.4. The number of fused-ring (bicyclic) bond motifs is 1. The van der Waals surface area contributed by atoms with Gasteiger partial charge < -0.3 is 26.8 Å². The highest BCUT2D eigenvalue weighted by Gasteiger charge is 2.30. The SMILES string of the molecule is NC(=O)c1sc2nc(N3CCC(N)CC3)nc(OCc3ccc(C(F)(F)F)cc3)c2c1N. The van der Waals surface area contributed by atoms with E-state index in [2.05, 4.69) is 9.97 Å². The lowest BCUT2D eigenvalue weighted by atomic mass is 10.1. The summed E-state index contributed by atoms with van der Waals surface area (Å²) < 4.78 is 44.2. The van der Waals surface area contributed by atoms with Crippen molar-refractivity contribution in [2.24, 2.45) is 11.5 Å². The average Bonchev–Trinajstić information content (AvgIpc) is 3.09. The van der Waals surface area contributed by atoms with E-state index in [1.54, 1.807) is 0 Å². The Bertz CT molecular complexity index is 1140. The molecule has 1 amide bonds. The van der Waals surface area contributed by atoms with E-state index in [-0.39, 0.29) is 29.1 Å². The number of amides is 1. The Labute approximate surface area is 185 Å². The number of anilines is 2. The van der Waals surface area contributed by atoms with Crippen LogP contribution in [-0.4, -0.2) is 35.0 Å². The Morgan fingerprint density at radius 1 is 1.19 bits per heavy atom. The van der Waals surface area contributed by atoms with E-state index in [1.807, 2.05) is 4.90 Å². The Hall–Kier alpha value is -3.12. The number of alkyl halides is 3. The lowest BCUT2D eigenvalue weighted by molar-refractivity contribution is -0.137. The highest BCUT2D eigenvalue weighted by Crippen LogP contribution is 2.39. The molecule has 1 aliphatic heterocycles. The smallest absolute Gasteiger partial charge is 0.416 e. The van der Waals surface area contributed by atoms with Crippen LogP contribution in [0.4, 0.5) is 24.8 Å². The number of rotatable bonds is 5. The van der Waals surface area contributed by atoms with Crippen LogP contribution >= 0.6 is 11.3 Å². The molecule has 4 rings (SSSR count). The van der Waals surface area contributed by atoms with E-state index >= 15 is 0 Å². The molecule has 32 heavy (non-hydrogen) atoms. The number of benzene rings is 1. The van der Waals surface area contributed by atoms with Gasteiger partial charge in [0.2, 0.25) is 11.8 Å². The van der Waals surface area contributed by atoms with Gasteiger partial charge in [0.25, 0.3) is 5.91 Å². The quantitative estimate of drug-likeness (QED) is 0.526. The first kappa shape index (κ1) is 22.1. The zero-order valence-corrected chi connectivity index (χ0v) is 17.7. The van der Waals surface area contributed by atoms with Crippen molar-refractivity contribution in [3.63, 3.8) is 0 Å². The van der Waals surface area contributed by atoms with Crippen LogP contribution in [0.3, 0.4) is 0 Å². The molecule has 6 N–H and O–H groups in total. The van der Waals surface area contributed by atoms with Gasteiger partial charge in [-0.25, -0.2) is 4.98 Å². The molecule has 0 saturated carbocycles. The van der Waals surface area contributed by atoms with Crippen LogP contribution in [0, 0.1) is 0 Å². The van der Waals surface area contributed by atoms with Crippen molar-refractivity contribution in [3.05, 3.63) is 40.3 Å². The van der Waals surface area contributed by atoms with Crippen LogP contribution in [0.25, 0.3) is 10.2 Å².